The van der Waals surface area contributed by atoms with Crippen molar-refractivity contribution in [2.24, 2.45) is 11.1 Å². The van der Waals surface area contributed by atoms with Crippen LogP contribution in [0.1, 0.15) is 36.5 Å². The first-order valence-electron chi connectivity index (χ1n) is 6.40. The van der Waals surface area contributed by atoms with Crippen LogP contribution >= 0.6 is 15.9 Å². The van der Waals surface area contributed by atoms with Gasteiger partial charge in [0.2, 0.25) is 10.0 Å². The van der Waals surface area contributed by atoms with E-state index < -0.39 is 10.0 Å². The average molecular weight is 361 g/mol. The first-order valence-corrected chi connectivity index (χ1v) is 8.74. The number of hydrogen-bond acceptors (Lipinski definition) is 3. The molecule has 1 amide bonds. The Hall–Kier alpha value is -0.920. The molecule has 0 aliphatic heterocycles. The number of hydrogen-bond donors (Lipinski definition) is 2. The summed E-state index contributed by atoms with van der Waals surface area (Å²) < 4.78 is 23.2. The third kappa shape index (κ3) is 3.59. The summed E-state index contributed by atoms with van der Waals surface area (Å²) in [5, 5.41) is 8.02. The molecule has 7 heteroatoms. The highest BCUT2D eigenvalue weighted by atomic mass is 79.9. The molecule has 3 N–H and O–H groups in total. The number of nitrogens with one attached hydrogen (secondary N) is 1. The van der Waals surface area contributed by atoms with E-state index in [1.807, 2.05) is 0 Å². The maximum atomic E-state index is 12.2. The van der Waals surface area contributed by atoms with Crippen LogP contribution in [0.5, 0.6) is 0 Å². The maximum Gasteiger partial charge on any atom is 0.252 e. The third-order valence-corrected chi connectivity index (χ3v) is 5.14. The summed E-state index contributed by atoms with van der Waals surface area (Å²) >= 11 is 3.26. The van der Waals surface area contributed by atoms with Crippen LogP contribution in [0.4, 0.5) is 0 Å². The van der Waals surface area contributed by atoms with Crippen LogP contribution in [-0.2, 0) is 10.0 Å². The molecular weight excluding hydrogens is 344 g/mol. The van der Waals surface area contributed by atoms with Crippen molar-refractivity contribution in [3.8, 4) is 0 Å². The van der Waals surface area contributed by atoms with E-state index in [1.165, 1.54) is 18.2 Å². The van der Waals surface area contributed by atoms with Gasteiger partial charge in [0.05, 0.1) is 10.5 Å². The first-order chi connectivity index (χ1) is 9.27. The number of carbonyl (C=O) groups excluding carboxylic acids is 1. The van der Waals surface area contributed by atoms with E-state index in [-0.39, 0.29) is 22.4 Å². The highest BCUT2D eigenvalue weighted by Crippen LogP contribution is 2.26. The quantitative estimate of drug-likeness (QED) is 0.863. The molecule has 1 fully saturated rings. The molecule has 110 valence electrons. The van der Waals surface area contributed by atoms with Crippen LogP contribution < -0.4 is 10.5 Å². The van der Waals surface area contributed by atoms with E-state index in [9.17, 15) is 13.2 Å². The fourth-order valence-corrected chi connectivity index (χ4v) is 3.42. The normalized spacial score (nSPS) is 22.8. The number of rotatable bonds is 3. The predicted octanol–water partition coefficient (Wildman–Crippen LogP) is 2.01. The molecule has 1 aliphatic rings. The van der Waals surface area contributed by atoms with E-state index in [0.717, 1.165) is 19.3 Å². The van der Waals surface area contributed by atoms with Gasteiger partial charge in [0.25, 0.3) is 5.91 Å². The van der Waals surface area contributed by atoms with Crippen molar-refractivity contribution >= 4 is 31.9 Å². The zero-order valence-corrected chi connectivity index (χ0v) is 13.5. The number of primary sulfonamides is 1. The Morgan fingerprint density at radius 1 is 1.40 bits per heavy atom. The highest BCUT2D eigenvalue weighted by molar-refractivity contribution is 9.10. The molecule has 1 aliphatic carbocycles. The lowest BCUT2D eigenvalue weighted by Crippen LogP contribution is -2.33. The van der Waals surface area contributed by atoms with Gasteiger partial charge in [-0.05, 0) is 59.3 Å². The first kappa shape index (κ1) is 15.5. The van der Waals surface area contributed by atoms with Gasteiger partial charge >= 0.3 is 0 Å². The fourth-order valence-electron chi connectivity index (χ4n) is 2.46. The molecule has 20 heavy (non-hydrogen) atoms. The molecular formula is C13H17BrN2O3S. The van der Waals surface area contributed by atoms with Crippen molar-refractivity contribution in [3.05, 3.63) is 28.2 Å². The van der Waals surface area contributed by atoms with Crippen LogP contribution in [0.25, 0.3) is 0 Å². The van der Waals surface area contributed by atoms with Crippen molar-refractivity contribution in [3.63, 3.8) is 0 Å². The van der Waals surface area contributed by atoms with Gasteiger partial charge in [-0.2, -0.15) is 0 Å². The van der Waals surface area contributed by atoms with Gasteiger partial charge in [0, 0.05) is 10.5 Å². The summed E-state index contributed by atoms with van der Waals surface area (Å²) in [7, 11) is -3.81. The molecule has 1 aromatic carbocycles. The lowest BCUT2D eigenvalue weighted by Gasteiger charge is -2.14. The molecule has 0 saturated heterocycles. The van der Waals surface area contributed by atoms with Crippen LogP contribution in [0.2, 0.25) is 0 Å². The van der Waals surface area contributed by atoms with Gasteiger partial charge < -0.3 is 5.32 Å². The number of nitrogens with two attached hydrogens (primary N) is 1. The highest BCUT2D eigenvalue weighted by Gasteiger charge is 2.24. The molecule has 1 aromatic rings. The molecule has 2 rings (SSSR count). The second kappa shape index (κ2) is 5.83. The van der Waals surface area contributed by atoms with Crippen molar-refractivity contribution < 1.29 is 13.2 Å². The third-order valence-electron chi connectivity index (χ3n) is 3.54. The van der Waals surface area contributed by atoms with Crippen molar-refractivity contribution in [2.45, 2.75) is 37.1 Å². The van der Waals surface area contributed by atoms with Crippen LogP contribution in [0, 0.1) is 5.92 Å². The minimum absolute atomic E-state index is 0.0642. The van der Waals surface area contributed by atoms with Crippen molar-refractivity contribution in [2.75, 3.05) is 0 Å². The van der Waals surface area contributed by atoms with Gasteiger partial charge in [0.15, 0.2) is 0 Å². The van der Waals surface area contributed by atoms with E-state index in [4.69, 9.17) is 5.14 Å². The minimum atomic E-state index is -3.81. The number of amides is 1. The van der Waals surface area contributed by atoms with Crippen LogP contribution in [0.3, 0.4) is 0 Å². The Morgan fingerprint density at radius 3 is 2.65 bits per heavy atom. The molecule has 0 heterocycles. The topological polar surface area (TPSA) is 89.3 Å². The number of benzene rings is 1. The summed E-state index contributed by atoms with van der Waals surface area (Å²) in [5.41, 5.74) is 0.288. The molecule has 0 bridgehead atoms. The van der Waals surface area contributed by atoms with Crippen LogP contribution in [-0.4, -0.2) is 20.4 Å². The molecule has 2 unspecified atom stereocenters. The lowest BCUT2D eigenvalue weighted by atomic mass is 10.1. The van der Waals surface area contributed by atoms with Gasteiger partial charge in [-0.3, -0.25) is 4.79 Å². The standard InChI is InChI=1S/C13H17BrN2O3S/c1-8-2-3-9(6-8)16-13(17)11-7-10(20(15,18)19)4-5-12(11)14/h4-5,7-9H,2-3,6H2,1H3,(H,16,17)(H2,15,18,19). The largest absolute Gasteiger partial charge is 0.349 e. The van der Waals surface area contributed by atoms with Crippen LogP contribution in [0.15, 0.2) is 27.6 Å². The van der Waals surface area contributed by atoms with Gasteiger partial charge in [0.1, 0.15) is 0 Å². The second-order valence-electron chi connectivity index (χ2n) is 5.28. The zero-order chi connectivity index (χ0) is 14.9. The summed E-state index contributed by atoms with van der Waals surface area (Å²) in [4.78, 5) is 12.2. The van der Waals surface area contributed by atoms with Crippen molar-refractivity contribution in [1.29, 1.82) is 0 Å². The van der Waals surface area contributed by atoms with E-state index in [2.05, 4.69) is 28.2 Å². The smallest absolute Gasteiger partial charge is 0.252 e. The molecule has 0 spiro atoms. The summed E-state index contributed by atoms with van der Waals surface area (Å²) in [5.74, 6) is 0.334. The molecule has 0 radical (unpaired) electrons. The number of halogens is 1. The second-order valence-corrected chi connectivity index (χ2v) is 7.69. The van der Waals surface area contributed by atoms with Gasteiger partial charge in [-0.15, -0.1) is 0 Å². The average Bonchev–Trinajstić information content (AvgIpc) is 2.73. The van der Waals surface area contributed by atoms with E-state index in [0.29, 0.717) is 10.4 Å². The van der Waals surface area contributed by atoms with E-state index in [1.54, 1.807) is 0 Å². The minimum Gasteiger partial charge on any atom is -0.349 e. The van der Waals surface area contributed by atoms with Crippen molar-refractivity contribution in [1.82, 2.24) is 5.32 Å². The fraction of sp³-hybridized carbons (Fsp3) is 0.462. The number of sulfonamides is 1. The van der Waals surface area contributed by atoms with Gasteiger partial charge in [-0.25, -0.2) is 13.6 Å². The van der Waals surface area contributed by atoms with E-state index >= 15 is 0 Å². The summed E-state index contributed by atoms with van der Waals surface area (Å²) in [6.07, 6.45) is 3.01. The Balaban J connectivity index is 2.21. The Kier molecular flexibility index (Phi) is 4.51. The molecule has 1 saturated carbocycles. The summed E-state index contributed by atoms with van der Waals surface area (Å²) in [6.45, 7) is 2.16. The summed E-state index contributed by atoms with van der Waals surface area (Å²) in [6, 6.07) is 4.34. The Labute approximate surface area is 127 Å². The lowest BCUT2D eigenvalue weighted by molar-refractivity contribution is 0.0936. The predicted molar refractivity (Wildman–Crippen MR) is 79.8 cm³/mol. The Morgan fingerprint density at radius 2 is 2.10 bits per heavy atom. The maximum absolute atomic E-state index is 12.2. The molecule has 0 aromatic heterocycles. The number of carbonyl (C=O) groups is 1. The van der Waals surface area contributed by atoms with Gasteiger partial charge in [-0.1, -0.05) is 6.92 Å². The SMILES string of the molecule is CC1CCC(NC(=O)c2cc(S(N)(=O)=O)ccc2Br)C1. The molecule has 5 nitrogen and oxygen atoms in total. The Bertz CT molecular complexity index is 631. The zero-order valence-electron chi connectivity index (χ0n) is 11.1. The molecule has 2 atom stereocenters. The monoisotopic (exact) mass is 360 g/mol.